The van der Waals surface area contributed by atoms with Gasteiger partial charge in [-0.3, -0.25) is 9.80 Å². The summed E-state index contributed by atoms with van der Waals surface area (Å²) >= 11 is 0. The first-order valence-electron chi connectivity index (χ1n) is 10.3. The third-order valence-corrected chi connectivity index (χ3v) is 5.37. The average molecular weight is 379 g/mol. The number of benzene rings is 1. The van der Waals surface area contributed by atoms with Gasteiger partial charge in [-0.05, 0) is 32.0 Å². The van der Waals surface area contributed by atoms with Crippen LogP contribution in [0.3, 0.4) is 0 Å². The van der Waals surface area contributed by atoms with Crippen LogP contribution in [0.25, 0.3) is 0 Å². The molecule has 0 amide bonds. The number of para-hydroxylation sites is 1. The van der Waals surface area contributed by atoms with Crippen LogP contribution >= 0.6 is 0 Å². The Morgan fingerprint density at radius 1 is 1.04 bits per heavy atom. The monoisotopic (exact) mass is 378 g/mol. The third-order valence-electron chi connectivity index (χ3n) is 5.37. The molecule has 1 aromatic rings. The molecule has 1 N–H and O–H groups in total. The van der Waals surface area contributed by atoms with E-state index in [1.165, 1.54) is 25.7 Å². The van der Waals surface area contributed by atoms with Crippen molar-refractivity contribution in [3.63, 3.8) is 0 Å². The zero-order valence-corrected chi connectivity index (χ0v) is 16.6. The van der Waals surface area contributed by atoms with Crippen molar-refractivity contribution >= 4 is 0 Å². The molecule has 6 heteroatoms. The van der Waals surface area contributed by atoms with Crippen LogP contribution in [-0.2, 0) is 11.3 Å². The van der Waals surface area contributed by atoms with Crippen LogP contribution in [-0.4, -0.2) is 80.7 Å². The summed E-state index contributed by atoms with van der Waals surface area (Å²) in [5.41, 5.74) is 1.13. The van der Waals surface area contributed by atoms with Gasteiger partial charge in [-0.1, -0.05) is 25.0 Å². The van der Waals surface area contributed by atoms with E-state index in [2.05, 4.69) is 15.9 Å². The van der Waals surface area contributed by atoms with E-state index in [0.29, 0.717) is 6.54 Å². The lowest BCUT2D eigenvalue weighted by Crippen LogP contribution is -2.42. The Labute approximate surface area is 163 Å². The maximum Gasteiger partial charge on any atom is 0.165 e. The molecule has 0 saturated carbocycles. The highest BCUT2D eigenvalue weighted by Gasteiger charge is 2.19. The summed E-state index contributed by atoms with van der Waals surface area (Å²) in [6.45, 7) is 7.22. The average Bonchev–Trinajstić information content (AvgIpc) is 2.96. The van der Waals surface area contributed by atoms with Gasteiger partial charge in [0, 0.05) is 31.7 Å². The molecule has 2 fully saturated rings. The molecule has 1 atom stereocenters. The highest BCUT2D eigenvalue weighted by Crippen LogP contribution is 2.32. The van der Waals surface area contributed by atoms with Crippen LogP contribution in [0, 0.1) is 0 Å². The maximum atomic E-state index is 10.4. The van der Waals surface area contributed by atoms with Crippen molar-refractivity contribution < 1.29 is 19.3 Å². The fourth-order valence-electron chi connectivity index (χ4n) is 3.86. The maximum absolute atomic E-state index is 10.4. The predicted octanol–water partition coefficient (Wildman–Crippen LogP) is 2.14. The number of β-amino-alcohol motifs (C(OH)–C–C–N with tert-alkyl or cyclic N) is 1. The quantitative estimate of drug-likeness (QED) is 0.748. The number of nitrogens with zero attached hydrogens (tertiary/aromatic N) is 2. The third kappa shape index (κ3) is 6.35. The summed E-state index contributed by atoms with van der Waals surface area (Å²) in [7, 11) is 1.67. The van der Waals surface area contributed by atoms with Crippen molar-refractivity contribution in [3.05, 3.63) is 23.8 Å². The Bertz CT molecular complexity index is 555. The lowest BCUT2D eigenvalue weighted by atomic mass is 10.1. The molecule has 0 radical (unpaired) electrons. The van der Waals surface area contributed by atoms with Crippen LogP contribution in [0.2, 0.25) is 0 Å². The second-order valence-corrected chi connectivity index (χ2v) is 7.52. The zero-order valence-electron chi connectivity index (χ0n) is 16.6. The van der Waals surface area contributed by atoms with Gasteiger partial charge in [-0.2, -0.15) is 0 Å². The molecule has 0 bridgehead atoms. The van der Waals surface area contributed by atoms with E-state index in [9.17, 15) is 5.11 Å². The van der Waals surface area contributed by atoms with Gasteiger partial charge in [0.25, 0.3) is 0 Å². The molecule has 2 heterocycles. The molecule has 1 aromatic carbocycles. The summed E-state index contributed by atoms with van der Waals surface area (Å²) in [5.74, 6) is 1.51. The van der Waals surface area contributed by atoms with E-state index in [1.807, 2.05) is 12.1 Å². The summed E-state index contributed by atoms with van der Waals surface area (Å²) in [6, 6.07) is 6.05. The summed E-state index contributed by atoms with van der Waals surface area (Å²) in [6.07, 6.45) is 4.65. The highest BCUT2D eigenvalue weighted by molar-refractivity contribution is 5.46. The standard InChI is InChI=1S/C21H34N2O4/c1-25-20-8-6-7-18(15-22-9-4-2-3-5-10-22)21(20)27-17-19(24)16-23-11-13-26-14-12-23/h6-8,19,24H,2-5,9-17H2,1H3/t19-/m0/s1. The van der Waals surface area contributed by atoms with Gasteiger partial charge in [-0.15, -0.1) is 0 Å². The van der Waals surface area contributed by atoms with E-state index in [1.54, 1.807) is 7.11 Å². The molecule has 2 aliphatic rings. The van der Waals surface area contributed by atoms with Crippen molar-refractivity contribution in [2.24, 2.45) is 0 Å². The van der Waals surface area contributed by atoms with Crippen molar-refractivity contribution in [2.45, 2.75) is 38.3 Å². The second kappa shape index (κ2) is 10.9. The normalized spacial score (nSPS) is 20.8. The lowest BCUT2D eigenvalue weighted by molar-refractivity contribution is 0.00431. The molecule has 2 aliphatic heterocycles. The topological polar surface area (TPSA) is 54.4 Å². The number of ether oxygens (including phenoxy) is 3. The number of hydrogen-bond acceptors (Lipinski definition) is 6. The van der Waals surface area contributed by atoms with E-state index in [-0.39, 0.29) is 6.61 Å². The molecule has 27 heavy (non-hydrogen) atoms. The lowest BCUT2D eigenvalue weighted by Gasteiger charge is -2.28. The molecule has 2 saturated heterocycles. The molecule has 0 aromatic heterocycles. The molecule has 6 nitrogen and oxygen atoms in total. The number of rotatable bonds is 8. The van der Waals surface area contributed by atoms with Gasteiger partial charge in [0.2, 0.25) is 0 Å². The SMILES string of the molecule is COc1cccc(CN2CCCCCC2)c1OC[C@@H](O)CN1CCOCC1. The zero-order chi connectivity index (χ0) is 18.9. The number of aliphatic hydroxyl groups is 1. The Hall–Kier alpha value is -1.34. The predicted molar refractivity (Wildman–Crippen MR) is 105 cm³/mol. The summed E-state index contributed by atoms with van der Waals surface area (Å²) in [4.78, 5) is 4.72. The minimum Gasteiger partial charge on any atom is -0.493 e. The first-order valence-corrected chi connectivity index (χ1v) is 10.3. The largest absolute Gasteiger partial charge is 0.493 e. The first kappa shape index (κ1) is 20.4. The molecule has 0 aliphatic carbocycles. The van der Waals surface area contributed by atoms with Gasteiger partial charge < -0.3 is 19.3 Å². The molecule has 3 rings (SSSR count). The van der Waals surface area contributed by atoms with E-state index in [4.69, 9.17) is 14.2 Å². The molecule has 0 spiro atoms. The Kier molecular flexibility index (Phi) is 8.20. The van der Waals surface area contributed by atoms with Crippen molar-refractivity contribution in [1.29, 1.82) is 0 Å². The minimum atomic E-state index is -0.529. The van der Waals surface area contributed by atoms with Crippen LogP contribution in [0.5, 0.6) is 11.5 Å². The molecular weight excluding hydrogens is 344 g/mol. The van der Waals surface area contributed by atoms with Crippen molar-refractivity contribution in [2.75, 3.05) is 59.7 Å². The number of morpholine rings is 1. The number of likely N-dealkylation sites (tertiary alicyclic amines) is 1. The van der Waals surface area contributed by atoms with E-state index >= 15 is 0 Å². The Balaban J connectivity index is 1.60. The van der Waals surface area contributed by atoms with Gasteiger partial charge in [0.15, 0.2) is 11.5 Å². The van der Waals surface area contributed by atoms with Crippen molar-refractivity contribution in [1.82, 2.24) is 9.80 Å². The molecule has 152 valence electrons. The van der Waals surface area contributed by atoms with E-state index in [0.717, 1.165) is 63.0 Å². The van der Waals surface area contributed by atoms with Crippen LogP contribution in [0.4, 0.5) is 0 Å². The highest BCUT2D eigenvalue weighted by atomic mass is 16.5. The fraction of sp³-hybridized carbons (Fsp3) is 0.714. The van der Waals surface area contributed by atoms with Gasteiger partial charge in [0.05, 0.1) is 20.3 Å². The summed E-state index contributed by atoms with van der Waals surface area (Å²) in [5, 5.41) is 10.4. The van der Waals surface area contributed by atoms with Crippen molar-refractivity contribution in [3.8, 4) is 11.5 Å². The summed E-state index contributed by atoms with van der Waals surface area (Å²) < 4.78 is 17.0. The Morgan fingerprint density at radius 2 is 1.78 bits per heavy atom. The van der Waals surface area contributed by atoms with Crippen LogP contribution < -0.4 is 9.47 Å². The van der Waals surface area contributed by atoms with Gasteiger partial charge >= 0.3 is 0 Å². The van der Waals surface area contributed by atoms with Gasteiger partial charge in [-0.25, -0.2) is 0 Å². The first-order chi connectivity index (χ1) is 13.3. The second-order valence-electron chi connectivity index (χ2n) is 7.52. The number of aliphatic hydroxyl groups excluding tert-OH is 1. The van der Waals surface area contributed by atoms with E-state index < -0.39 is 6.10 Å². The number of methoxy groups -OCH3 is 1. The smallest absolute Gasteiger partial charge is 0.165 e. The van der Waals surface area contributed by atoms with Crippen LogP contribution in [0.1, 0.15) is 31.2 Å². The van der Waals surface area contributed by atoms with Gasteiger partial charge in [0.1, 0.15) is 12.7 Å². The van der Waals surface area contributed by atoms with Crippen LogP contribution in [0.15, 0.2) is 18.2 Å². The molecular formula is C21H34N2O4. The molecule has 0 unspecified atom stereocenters. The minimum absolute atomic E-state index is 0.269. The number of hydrogen-bond donors (Lipinski definition) is 1. The Morgan fingerprint density at radius 3 is 2.48 bits per heavy atom. The fourth-order valence-corrected chi connectivity index (χ4v) is 3.86.